The fraction of sp³-hybridized carbons (Fsp3) is 0.963. The Morgan fingerprint density at radius 2 is 1.73 bits per heavy atom. The van der Waals surface area contributed by atoms with Crippen LogP contribution in [0, 0.1) is 52.3 Å². The van der Waals surface area contributed by atoms with Crippen LogP contribution in [0.4, 0.5) is 0 Å². The van der Waals surface area contributed by atoms with Gasteiger partial charge in [-0.1, -0.05) is 53.9 Å². The van der Waals surface area contributed by atoms with Gasteiger partial charge >= 0.3 is 0 Å². The molecule has 0 aromatic carbocycles. The fourth-order valence-corrected chi connectivity index (χ4v) is 9.39. The van der Waals surface area contributed by atoms with Gasteiger partial charge in [0.1, 0.15) is 6.29 Å². The second-order valence-electron chi connectivity index (χ2n) is 12.7. The maximum atomic E-state index is 12.4. The third-order valence-corrected chi connectivity index (χ3v) is 11.0. The van der Waals surface area contributed by atoms with Crippen molar-refractivity contribution in [3.8, 4) is 0 Å². The Kier molecular flexibility index (Phi) is 5.97. The first-order chi connectivity index (χ1) is 14.1. The summed E-state index contributed by atoms with van der Waals surface area (Å²) >= 11 is 0. The van der Waals surface area contributed by atoms with Crippen LogP contribution in [-0.4, -0.2) is 28.2 Å². The number of aliphatic hydroxyl groups is 2. The molecule has 0 spiro atoms. The van der Waals surface area contributed by atoms with Crippen molar-refractivity contribution in [3.63, 3.8) is 0 Å². The van der Waals surface area contributed by atoms with Crippen LogP contribution in [0.15, 0.2) is 0 Å². The molecule has 2 N–H and O–H groups in total. The van der Waals surface area contributed by atoms with Gasteiger partial charge in [0.25, 0.3) is 0 Å². The molecular weight excluding hydrogens is 372 g/mol. The summed E-state index contributed by atoms with van der Waals surface area (Å²) in [6.07, 6.45) is 11.5. The number of fused-ring (bicyclic) bond motifs is 5. The molecule has 172 valence electrons. The first kappa shape index (κ1) is 22.8. The van der Waals surface area contributed by atoms with E-state index in [0.29, 0.717) is 29.6 Å². The Balaban J connectivity index is 1.59. The topological polar surface area (TPSA) is 57.5 Å². The summed E-state index contributed by atoms with van der Waals surface area (Å²) in [6.45, 7) is 11.9. The number of rotatable bonds is 6. The summed E-state index contributed by atoms with van der Waals surface area (Å²) < 4.78 is 0. The molecule has 0 bridgehead atoms. The molecule has 10 unspecified atom stereocenters. The molecule has 4 fully saturated rings. The number of hydrogen-bond donors (Lipinski definition) is 2. The lowest BCUT2D eigenvalue weighted by atomic mass is 9.53. The van der Waals surface area contributed by atoms with E-state index in [1.807, 2.05) is 0 Å². The second kappa shape index (κ2) is 7.87. The lowest BCUT2D eigenvalue weighted by Crippen LogP contribution is -2.54. The van der Waals surface area contributed by atoms with E-state index < -0.39 is 11.7 Å². The van der Waals surface area contributed by atoms with Crippen LogP contribution in [0.25, 0.3) is 0 Å². The predicted octanol–water partition coefficient (Wildman–Crippen LogP) is 5.62. The van der Waals surface area contributed by atoms with Gasteiger partial charge in [0.2, 0.25) is 0 Å². The smallest absolute Gasteiger partial charge is 0.126 e. The average molecular weight is 419 g/mol. The molecule has 10 atom stereocenters. The average Bonchev–Trinajstić information content (AvgIpc) is 3.11. The van der Waals surface area contributed by atoms with Crippen molar-refractivity contribution in [2.75, 3.05) is 0 Å². The maximum absolute atomic E-state index is 12.4. The fourth-order valence-electron chi connectivity index (χ4n) is 9.39. The standard InChI is InChI=1S/C27H46O3/c1-17(2)7-6-8-18(3)20-9-10-21-24-22(12-13-25(20,21)4)26(5)14-11-19(29)15-27(26,30)23(24)16-28/h16-24,29-30H,6-15H2,1-5H3. The molecule has 0 aromatic rings. The third kappa shape index (κ3) is 3.16. The van der Waals surface area contributed by atoms with E-state index >= 15 is 0 Å². The molecule has 0 saturated heterocycles. The van der Waals surface area contributed by atoms with Crippen LogP contribution >= 0.6 is 0 Å². The summed E-state index contributed by atoms with van der Waals surface area (Å²) in [6, 6.07) is 0. The number of hydrogen-bond acceptors (Lipinski definition) is 3. The quantitative estimate of drug-likeness (QED) is 0.551. The third-order valence-electron chi connectivity index (χ3n) is 11.0. The van der Waals surface area contributed by atoms with Gasteiger partial charge < -0.3 is 15.0 Å². The highest BCUT2D eigenvalue weighted by molar-refractivity contribution is 5.59. The molecule has 4 aliphatic carbocycles. The zero-order valence-electron chi connectivity index (χ0n) is 20.1. The van der Waals surface area contributed by atoms with Gasteiger partial charge in [0.05, 0.1) is 11.7 Å². The lowest BCUT2D eigenvalue weighted by Gasteiger charge is -2.52. The van der Waals surface area contributed by atoms with E-state index in [2.05, 4.69) is 34.6 Å². The Bertz CT molecular complexity index is 646. The van der Waals surface area contributed by atoms with Gasteiger partial charge in [-0.05, 0) is 79.4 Å². The minimum Gasteiger partial charge on any atom is -0.393 e. The van der Waals surface area contributed by atoms with Gasteiger partial charge in [0.15, 0.2) is 0 Å². The maximum Gasteiger partial charge on any atom is 0.126 e. The van der Waals surface area contributed by atoms with Crippen molar-refractivity contribution in [3.05, 3.63) is 0 Å². The van der Waals surface area contributed by atoms with Gasteiger partial charge in [-0.15, -0.1) is 0 Å². The first-order valence-electron chi connectivity index (χ1n) is 12.9. The van der Waals surface area contributed by atoms with Gasteiger partial charge in [-0.3, -0.25) is 0 Å². The zero-order chi connectivity index (χ0) is 21.9. The second-order valence-corrected chi connectivity index (χ2v) is 12.7. The van der Waals surface area contributed by atoms with E-state index in [0.717, 1.165) is 43.3 Å². The van der Waals surface area contributed by atoms with Crippen molar-refractivity contribution in [1.29, 1.82) is 0 Å². The van der Waals surface area contributed by atoms with Crippen molar-refractivity contribution in [1.82, 2.24) is 0 Å². The zero-order valence-corrected chi connectivity index (χ0v) is 20.1. The molecule has 30 heavy (non-hydrogen) atoms. The molecule has 0 aromatic heterocycles. The molecule has 0 aliphatic heterocycles. The molecule has 0 amide bonds. The van der Waals surface area contributed by atoms with Crippen LogP contribution < -0.4 is 0 Å². The Morgan fingerprint density at radius 1 is 1.00 bits per heavy atom. The van der Waals surface area contributed by atoms with E-state index in [1.165, 1.54) is 38.5 Å². The Labute approximate surface area is 184 Å². The number of aldehydes is 1. The molecule has 4 saturated carbocycles. The highest BCUT2D eigenvalue weighted by atomic mass is 16.3. The predicted molar refractivity (Wildman–Crippen MR) is 121 cm³/mol. The van der Waals surface area contributed by atoms with E-state index in [9.17, 15) is 15.0 Å². The first-order valence-corrected chi connectivity index (χ1v) is 12.9. The van der Waals surface area contributed by atoms with E-state index in [1.54, 1.807) is 0 Å². The summed E-state index contributed by atoms with van der Waals surface area (Å²) in [5, 5.41) is 22.3. The van der Waals surface area contributed by atoms with Crippen molar-refractivity contribution in [2.45, 2.75) is 111 Å². The molecule has 0 radical (unpaired) electrons. The normalized spacial score (nSPS) is 51.3. The summed E-state index contributed by atoms with van der Waals surface area (Å²) in [5.74, 6) is 3.25. The van der Waals surface area contributed by atoms with Crippen molar-refractivity contribution >= 4 is 6.29 Å². The molecule has 4 aliphatic rings. The molecule has 4 rings (SSSR count). The summed E-state index contributed by atoms with van der Waals surface area (Å²) in [7, 11) is 0. The molecular formula is C27H46O3. The molecule has 3 nitrogen and oxygen atoms in total. The van der Waals surface area contributed by atoms with Gasteiger partial charge in [-0.25, -0.2) is 0 Å². The highest BCUT2D eigenvalue weighted by Crippen LogP contribution is 2.72. The summed E-state index contributed by atoms with van der Waals surface area (Å²) in [5.41, 5.74) is -0.933. The lowest BCUT2D eigenvalue weighted by molar-refractivity contribution is -0.156. The van der Waals surface area contributed by atoms with Crippen molar-refractivity contribution < 1.29 is 15.0 Å². The van der Waals surface area contributed by atoms with Crippen LogP contribution in [0.5, 0.6) is 0 Å². The van der Waals surface area contributed by atoms with Gasteiger partial charge in [0, 0.05) is 17.8 Å². The van der Waals surface area contributed by atoms with Crippen LogP contribution in [0.3, 0.4) is 0 Å². The number of carbonyl (C=O) groups is 1. The molecule has 0 heterocycles. The van der Waals surface area contributed by atoms with Crippen LogP contribution in [0.1, 0.15) is 98.8 Å². The van der Waals surface area contributed by atoms with E-state index in [-0.39, 0.29) is 11.3 Å². The number of aliphatic hydroxyl groups excluding tert-OH is 1. The van der Waals surface area contributed by atoms with Crippen LogP contribution in [-0.2, 0) is 4.79 Å². The largest absolute Gasteiger partial charge is 0.393 e. The van der Waals surface area contributed by atoms with E-state index in [4.69, 9.17) is 0 Å². The number of carbonyl (C=O) groups excluding carboxylic acids is 1. The van der Waals surface area contributed by atoms with Crippen molar-refractivity contribution in [2.24, 2.45) is 52.3 Å². The Hall–Kier alpha value is -0.410. The SMILES string of the molecule is CC(C)CCCC(C)C1CCC2C3C(CCC12C)C1(C)CCC(O)CC1(O)C3C=O. The van der Waals surface area contributed by atoms with Gasteiger partial charge in [-0.2, -0.15) is 0 Å². The highest BCUT2D eigenvalue weighted by Gasteiger charge is 2.72. The minimum atomic E-state index is -1.02. The minimum absolute atomic E-state index is 0.217. The Morgan fingerprint density at radius 3 is 2.40 bits per heavy atom. The monoisotopic (exact) mass is 418 g/mol. The molecule has 3 heteroatoms. The van der Waals surface area contributed by atoms with Crippen LogP contribution in [0.2, 0.25) is 0 Å². The summed E-state index contributed by atoms with van der Waals surface area (Å²) in [4.78, 5) is 12.4.